The number of nitrogens with one attached hydrogen (secondary N) is 2. The van der Waals surface area contributed by atoms with Crippen LogP contribution in [0.25, 0.3) is 0 Å². The van der Waals surface area contributed by atoms with Gasteiger partial charge >= 0.3 is 6.09 Å². The molecule has 0 aliphatic carbocycles. The summed E-state index contributed by atoms with van der Waals surface area (Å²) in [5.74, 6) is 0.495. The van der Waals surface area contributed by atoms with Crippen LogP contribution < -0.4 is 10.6 Å². The van der Waals surface area contributed by atoms with Gasteiger partial charge in [-0.05, 0) is 64.0 Å². The molecule has 0 aromatic heterocycles. The van der Waals surface area contributed by atoms with Crippen molar-refractivity contribution in [1.29, 1.82) is 0 Å². The molecule has 172 valence electrons. The van der Waals surface area contributed by atoms with E-state index in [-0.39, 0.29) is 24.8 Å². The van der Waals surface area contributed by atoms with E-state index in [1.165, 1.54) is 11.1 Å². The number of likely N-dealkylation sites (tertiary alicyclic amines) is 1. The minimum atomic E-state index is -0.553. The number of aryl methyl sites for hydroxylation is 2. The molecule has 2 rings (SSSR count). The van der Waals surface area contributed by atoms with Crippen LogP contribution in [0.1, 0.15) is 57.6 Å². The number of rotatable bonds is 8. The standard InChI is InChI=1S/C24H37N3O4/c1-18-7-5-6-8-20(18)9-10-22(29)27-15-12-19(13-16-27)17-26-21(28)11-14-25-23(30)31-24(2,3)4/h5-8,19H,9-17H2,1-4H3,(H,25,30)(H,26,28). The Morgan fingerprint density at radius 3 is 2.39 bits per heavy atom. The normalized spacial score (nSPS) is 14.8. The highest BCUT2D eigenvalue weighted by atomic mass is 16.6. The third kappa shape index (κ3) is 9.40. The fraction of sp³-hybridized carbons (Fsp3) is 0.625. The molecular weight excluding hydrogens is 394 g/mol. The molecule has 1 saturated heterocycles. The highest BCUT2D eigenvalue weighted by Crippen LogP contribution is 2.18. The summed E-state index contributed by atoms with van der Waals surface area (Å²) in [6.07, 6.45) is 2.81. The predicted octanol–water partition coefficient (Wildman–Crippen LogP) is 3.20. The first kappa shape index (κ1) is 24.7. The Labute approximate surface area is 185 Å². The number of alkyl carbamates (subject to hydrolysis) is 1. The van der Waals surface area contributed by atoms with E-state index in [0.717, 1.165) is 32.4 Å². The Balaban J connectivity index is 1.59. The molecule has 3 amide bonds. The summed E-state index contributed by atoms with van der Waals surface area (Å²) < 4.78 is 5.14. The molecule has 1 aromatic rings. The van der Waals surface area contributed by atoms with E-state index in [1.807, 2.05) is 17.0 Å². The number of carbonyl (C=O) groups is 3. The van der Waals surface area contributed by atoms with E-state index < -0.39 is 11.7 Å². The van der Waals surface area contributed by atoms with E-state index in [0.29, 0.717) is 18.9 Å². The second-order valence-corrected chi connectivity index (χ2v) is 9.23. The average Bonchev–Trinajstić information content (AvgIpc) is 2.70. The molecule has 1 heterocycles. The Kier molecular flexibility index (Phi) is 9.34. The van der Waals surface area contributed by atoms with Crippen molar-refractivity contribution in [2.45, 2.75) is 65.4 Å². The summed E-state index contributed by atoms with van der Waals surface area (Å²) in [5, 5.41) is 5.52. The van der Waals surface area contributed by atoms with Crippen LogP contribution in [-0.4, -0.2) is 54.6 Å². The first-order chi connectivity index (χ1) is 14.6. The molecule has 1 fully saturated rings. The zero-order chi connectivity index (χ0) is 22.9. The van der Waals surface area contributed by atoms with Crippen LogP contribution in [0.15, 0.2) is 24.3 Å². The summed E-state index contributed by atoms with van der Waals surface area (Å²) in [5.41, 5.74) is 1.91. The number of nitrogens with zero attached hydrogens (tertiary/aromatic N) is 1. The molecule has 1 aromatic carbocycles. The van der Waals surface area contributed by atoms with Gasteiger partial charge in [0.15, 0.2) is 0 Å². The third-order valence-corrected chi connectivity index (χ3v) is 5.44. The maximum absolute atomic E-state index is 12.5. The molecular formula is C24H37N3O4. The van der Waals surface area contributed by atoms with Crippen molar-refractivity contribution in [3.8, 4) is 0 Å². The minimum Gasteiger partial charge on any atom is -0.444 e. The van der Waals surface area contributed by atoms with Gasteiger partial charge in [-0.2, -0.15) is 0 Å². The SMILES string of the molecule is Cc1ccccc1CCC(=O)N1CCC(CNC(=O)CCNC(=O)OC(C)(C)C)CC1. The number of carbonyl (C=O) groups excluding carboxylic acids is 3. The summed E-state index contributed by atoms with van der Waals surface area (Å²) >= 11 is 0. The molecule has 2 N–H and O–H groups in total. The Hall–Kier alpha value is -2.57. The van der Waals surface area contributed by atoms with Crippen molar-refractivity contribution in [2.24, 2.45) is 5.92 Å². The Morgan fingerprint density at radius 1 is 1.06 bits per heavy atom. The van der Waals surface area contributed by atoms with Gasteiger partial charge in [0, 0.05) is 39.0 Å². The number of piperidine rings is 1. The maximum Gasteiger partial charge on any atom is 0.407 e. The second-order valence-electron chi connectivity index (χ2n) is 9.23. The van der Waals surface area contributed by atoms with Gasteiger partial charge in [0.25, 0.3) is 0 Å². The van der Waals surface area contributed by atoms with Crippen LogP contribution in [0.2, 0.25) is 0 Å². The van der Waals surface area contributed by atoms with Gasteiger partial charge in [-0.15, -0.1) is 0 Å². The summed E-state index contributed by atoms with van der Waals surface area (Å²) in [4.78, 5) is 38.1. The van der Waals surface area contributed by atoms with Crippen molar-refractivity contribution in [2.75, 3.05) is 26.2 Å². The predicted molar refractivity (Wildman–Crippen MR) is 121 cm³/mol. The second kappa shape index (κ2) is 11.7. The molecule has 0 atom stereocenters. The molecule has 0 spiro atoms. The Morgan fingerprint density at radius 2 is 1.74 bits per heavy atom. The van der Waals surface area contributed by atoms with E-state index in [2.05, 4.69) is 29.7 Å². The number of hydrogen-bond acceptors (Lipinski definition) is 4. The largest absolute Gasteiger partial charge is 0.444 e. The molecule has 0 unspecified atom stereocenters. The van der Waals surface area contributed by atoms with Crippen molar-refractivity contribution >= 4 is 17.9 Å². The van der Waals surface area contributed by atoms with Crippen LogP contribution in [0.5, 0.6) is 0 Å². The molecule has 7 heteroatoms. The van der Waals surface area contributed by atoms with Crippen molar-refractivity contribution in [1.82, 2.24) is 15.5 Å². The van der Waals surface area contributed by atoms with Crippen LogP contribution >= 0.6 is 0 Å². The fourth-order valence-electron chi connectivity index (χ4n) is 3.62. The van der Waals surface area contributed by atoms with Gasteiger partial charge in [-0.1, -0.05) is 24.3 Å². The summed E-state index contributed by atoms with van der Waals surface area (Å²) in [6.45, 7) is 9.80. The number of ether oxygens (including phenoxy) is 1. The van der Waals surface area contributed by atoms with E-state index >= 15 is 0 Å². The zero-order valence-corrected chi connectivity index (χ0v) is 19.3. The lowest BCUT2D eigenvalue weighted by molar-refractivity contribution is -0.132. The lowest BCUT2D eigenvalue weighted by Crippen LogP contribution is -2.42. The lowest BCUT2D eigenvalue weighted by atomic mass is 9.96. The average molecular weight is 432 g/mol. The van der Waals surface area contributed by atoms with Crippen LogP contribution in [-0.2, 0) is 20.7 Å². The molecule has 7 nitrogen and oxygen atoms in total. The molecule has 0 saturated carbocycles. The van der Waals surface area contributed by atoms with Gasteiger partial charge in [0.05, 0.1) is 0 Å². The zero-order valence-electron chi connectivity index (χ0n) is 19.3. The molecule has 0 bridgehead atoms. The summed E-state index contributed by atoms with van der Waals surface area (Å²) in [6, 6.07) is 8.19. The van der Waals surface area contributed by atoms with Gasteiger partial charge in [-0.3, -0.25) is 9.59 Å². The topological polar surface area (TPSA) is 87.7 Å². The molecule has 31 heavy (non-hydrogen) atoms. The van der Waals surface area contributed by atoms with Crippen LogP contribution in [0.3, 0.4) is 0 Å². The summed E-state index contributed by atoms with van der Waals surface area (Å²) in [7, 11) is 0. The maximum atomic E-state index is 12.5. The third-order valence-electron chi connectivity index (χ3n) is 5.44. The van der Waals surface area contributed by atoms with Gasteiger partial charge in [0.2, 0.25) is 11.8 Å². The van der Waals surface area contributed by atoms with Gasteiger partial charge < -0.3 is 20.3 Å². The fourth-order valence-corrected chi connectivity index (χ4v) is 3.62. The first-order valence-corrected chi connectivity index (χ1v) is 11.2. The van der Waals surface area contributed by atoms with Crippen molar-refractivity contribution in [3.63, 3.8) is 0 Å². The van der Waals surface area contributed by atoms with E-state index in [9.17, 15) is 14.4 Å². The molecule has 1 aliphatic rings. The molecule has 0 radical (unpaired) electrons. The molecule has 1 aliphatic heterocycles. The van der Waals surface area contributed by atoms with Crippen LogP contribution in [0.4, 0.5) is 4.79 Å². The highest BCUT2D eigenvalue weighted by molar-refractivity contribution is 5.77. The quantitative estimate of drug-likeness (QED) is 0.662. The van der Waals surface area contributed by atoms with Gasteiger partial charge in [-0.25, -0.2) is 4.79 Å². The first-order valence-electron chi connectivity index (χ1n) is 11.2. The number of amides is 3. The minimum absolute atomic E-state index is 0.0900. The highest BCUT2D eigenvalue weighted by Gasteiger charge is 2.23. The van der Waals surface area contributed by atoms with E-state index in [1.54, 1.807) is 20.8 Å². The van der Waals surface area contributed by atoms with E-state index in [4.69, 9.17) is 4.74 Å². The van der Waals surface area contributed by atoms with Crippen LogP contribution in [0, 0.1) is 12.8 Å². The number of hydrogen-bond donors (Lipinski definition) is 2. The smallest absolute Gasteiger partial charge is 0.407 e. The van der Waals surface area contributed by atoms with Gasteiger partial charge in [0.1, 0.15) is 5.60 Å². The number of benzene rings is 1. The van der Waals surface area contributed by atoms with Crippen molar-refractivity contribution in [3.05, 3.63) is 35.4 Å². The monoisotopic (exact) mass is 431 g/mol. The Bertz CT molecular complexity index is 749. The van der Waals surface area contributed by atoms with Crippen molar-refractivity contribution < 1.29 is 19.1 Å². The lowest BCUT2D eigenvalue weighted by Gasteiger charge is -2.32.